The number of nitrogens with zero attached hydrogens (tertiary/aromatic N) is 2. The van der Waals surface area contributed by atoms with Crippen LogP contribution in [0.4, 0.5) is 0 Å². The quantitative estimate of drug-likeness (QED) is 0.872. The number of halogens is 1. The summed E-state index contributed by atoms with van der Waals surface area (Å²) in [6.07, 6.45) is 7.97. The molecule has 2 rings (SSSR count). The second kappa shape index (κ2) is 8.39. The Morgan fingerprint density at radius 3 is 2.86 bits per heavy atom. The second-order valence-electron chi connectivity index (χ2n) is 5.82. The number of carbonyl (C=O) groups excluding carboxylic acids is 1. The highest BCUT2D eigenvalue weighted by molar-refractivity contribution is 5.85. The maximum Gasteiger partial charge on any atom is 0.220 e. The minimum Gasteiger partial charge on any atom is -0.352 e. The molecule has 1 aliphatic carbocycles. The van der Waals surface area contributed by atoms with Gasteiger partial charge in [0.25, 0.3) is 0 Å². The average molecular weight is 315 g/mol. The van der Waals surface area contributed by atoms with Gasteiger partial charge in [-0.2, -0.15) is 5.10 Å². The van der Waals surface area contributed by atoms with E-state index in [9.17, 15) is 4.79 Å². The van der Waals surface area contributed by atoms with Crippen LogP contribution in [-0.2, 0) is 24.8 Å². The highest BCUT2D eigenvalue weighted by Gasteiger charge is 2.24. The van der Waals surface area contributed by atoms with E-state index < -0.39 is 0 Å². The van der Waals surface area contributed by atoms with Crippen molar-refractivity contribution in [2.75, 3.05) is 0 Å². The van der Waals surface area contributed by atoms with Crippen molar-refractivity contribution in [1.82, 2.24) is 15.1 Å². The lowest BCUT2D eigenvalue weighted by atomic mass is 9.83. The lowest BCUT2D eigenvalue weighted by molar-refractivity contribution is -0.122. The van der Waals surface area contributed by atoms with E-state index in [4.69, 9.17) is 5.73 Å². The van der Waals surface area contributed by atoms with Crippen LogP contribution in [0.3, 0.4) is 0 Å². The zero-order valence-electron chi connectivity index (χ0n) is 13.0. The molecule has 1 amide bonds. The van der Waals surface area contributed by atoms with Crippen molar-refractivity contribution in [3.05, 3.63) is 17.5 Å². The molecule has 120 valence electrons. The van der Waals surface area contributed by atoms with Crippen LogP contribution in [-0.4, -0.2) is 21.7 Å². The van der Waals surface area contributed by atoms with Crippen molar-refractivity contribution in [3.63, 3.8) is 0 Å². The molecule has 21 heavy (non-hydrogen) atoms. The molecule has 1 aromatic rings. The molecular weight excluding hydrogens is 288 g/mol. The maximum atomic E-state index is 12.0. The fourth-order valence-electron chi connectivity index (χ4n) is 3.02. The van der Waals surface area contributed by atoms with Crippen molar-refractivity contribution in [2.24, 2.45) is 18.7 Å². The van der Waals surface area contributed by atoms with Crippen LogP contribution < -0.4 is 11.1 Å². The predicted molar refractivity (Wildman–Crippen MR) is 86.2 cm³/mol. The Morgan fingerprint density at radius 2 is 2.19 bits per heavy atom. The first kappa shape index (κ1) is 18.0. The van der Waals surface area contributed by atoms with Gasteiger partial charge in [-0.25, -0.2) is 0 Å². The first-order chi connectivity index (χ1) is 9.60. The fourth-order valence-corrected chi connectivity index (χ4v) is 3.02. The molecule has 0 radical (unpaired) electrons. The molecule has 1 aliphatic rings. The third kappa shape index (κ3) is 5.00. The fraction of sp³-hybridized carbons (Fsp3) is 0.733. The highest BCUT2D eigenvalue weighted by atomic mass is 35.5. The number of amides is 1. The minimum atomic E-state index is 0. The first-order valence-corrected chi connectivity index (χ1v) is 7.63. The summed E-state index contributed by atoms with van der Waals surface area (Å²) in [4.78, 5) is 12.0. The van der Waals surface area contributed by atoms with Gasteiger partial charge in [0.1, 0.15) is 0 Å². The SMILES string of the molecule is CCc1nn(C)cc1CNC(=O)CC1CCCCC1N.Cl. The van der Waals surface area contributed by atoms with E-state index in [0.717, 1.165) is 30.5 Å². The Hall–Kier alpha value is -1.07. The van der Waals surface area contributed by atoms with Crippen LogP contribution in [0.1, 0.15) is 50.3 Å². The van der Waals surface area contributed by atoms with E-state index >= 15 is 0 Å². The van der Waals surface area contributed by atoms with Gasteiger partial charge in [-0.05, 0) is 25.2 Å². The molecule has 1 aromatic heterocycles. The van der Waals surface area contributed by atoms with Crippen molar-refractivity contribution in [2.45, 2.75) is 58.0 Å². The van der Waals surface area contributed by atoms with Gasteiger partial charge < -0.3 is 11.1 Å². The Labute approximate surface area is 133 Å². The Kier molecular flexibility index (Phi) is 7.18. The number of rotatable bonds is 5. The van der Waals surface area contributed by atoms with Crippen LogP contribution in [0.25, 0.3) is 0 Å². The Bertz CT molecular complexity index is 461. The van der Waals surface area contributed by atoms with E-state index in [1.165, 1.54) is 12.8 Å². The third-order valence-corrected chi connectivity index (χ3v) is 4.22. The number of aromatic nitrogens is 2. The van der Waals surface area contributed by atoms with Crippen LogP contribution in [0.15, 0.2) is 6.20 Å². The van der Waals surface area contributed by atoms with E-state index in [1.54, 1.807) is 4.68 Å². The molecule has 0 aromatic carbocycles. The smallest absolute Gasteiger partial charge is 0.220 e. The molecule has 0 saturated heterocycles. The van der Waals surface area contributed by atoms with Gasteiger partial charge >= 0.3 is 0 Å². The number of nitrogens with two attached hydrogens (primary N) is 1. The zero-order chi connectivity index (χ0) is 14.5. The third-order valence-electron chi connectivity index (χ3n) is 4.22. The number of nitrogens with one attached hydrogen (secondary N) is 1. The lowest BCUT2D eigenvalue weighted by Gasteiger charge is -2.27. The number of aryl methyl sites for hydroxylation is 2. The molecule has 1 heterocycles. The predicted octanol–water partition coefficient (Wildman–Crippen LogP) is 1.93. The van der Waals surface area contributed by atoms with E-state index in [-0.39, 0.29) is 24.4 Å². The average Bonchev–Trinajstić information content (AvgIpc) is 2.79. The van der Waals surface area contributed by atoms with Crippen molar-refractivity contribution < 1.29 is 4.79 Å². The summed E-state index contributed by atoms with van der Waals surface area (Å²) in [7, 11) is 1.91. The molecule has 0 bridgehead atoms. The molecule has 2 unspecified atom stereocenters. The summed E-state index contributed by atoms with van der Waals surface area (Å²) in [6.45, 7) is 2.65. The molecule has 6 heteroatoms. The van der Waals surface area contributed by atoms with Gasteiger partial charge in [0.2, 0.25) is 5.91 Å². The molecule has 2 atom stereocenters. The van der Waals surface area contributed by atoms with E-state index in [1.807, 2.05) is 13.2 Å². The molecular formula is C15H27ClN4O. The summed E-state index contributed by atoms with van der Waals surface area (Å²) in [5, 5.41) is 7.39. The molecule has 0 spiro atoms. The molecule has 1 saturated carbocycles. The monoisotopic (exact) mass is 314 g/mol. The van der Waals surface area contributed by atoms with Crippen molar-refractivity contribution in [1.29, 1.82) is 0 Å². The van der Waals surface area contributed by atoms with Crippen LogP contribution >= 0.6 is 12.4 Å². The van der Waals surface area contributed by atoms with Crippen molar-refractivity contribution in [3.8, 4) is 0 Å². The number of carbonyl (C=O) groups is 1. The van der Waals surface area contributed by atoms with Crippen LogP contribution in [0.2, 0.25) is 0 Å². The first-order valence-electron chi connectivity index (χ1n) is 7.63. The summed E-state index contributed by atoms with van der Waals surface area (Å²) >= 11 is 0. The molecule has 1 fully saturated rings. The van der Waals surface area contributed by atoms with Gasteiger partial charge in [-0.1, -0.05) is 19.8 Å². The molecule has 5 nitrogen and oxygen atoms in total. The van der Waals surface area contributed by atoms with Crippen molar-refractivity contribution >= 4 is 18.3 Å². The van der Waals surface area contributed by atoms with Gasteiger partial charge in [0.15, 0.2) is 0 Å². The Morgan fingerprint density at radius 1 is 1.48 bits per heavy atom. The largest absolute Gasteiger partial charge is 0.352 e. The molecule has 0 aliphatic heterocycles. The van der Waals surface area contributed by atoms with E-state index in [0.29, 0.717) is 18.9 Å². The van der Waals surface area contributed by atoms with Gasteiger partial charge in [-0.3, -0.25) is 9.48 Å². The van der Waals surface area contributed by atoms with Gasteiger partial charge in [0.05, 0.1) is 5.69 Å². The summed E-state index contributed by atoms with van der Waals surface area (Å²) in [5.74, 6) is 0.460. The second-order valence-corrected chi connectivity index (χ2v) is 5.82. The normalized spacial score (nSPS) is 21.7. The lowest BCUT2D eigenvalue weighted by Crippen LogP contribution is -2.37. The minimum absolute atomic E-state index is 0. The highest BCUT2D eigenvalue weighted by Crippen LogP contribution is 2.25. The maximum absolute atomic E-state index is 12.0. The summed E-state index contributed by atoms with van der Waals surface area (Å²) in [5.41, 5.74) is 8.26. The summed E-state index contributed by atoms with van der Waals surface area (Å²) in [6, 6.07) is 0.194. The van der Waals surface area contributed by atoms with Crippen LogP contribution in [0, 0.1) is 5.92 Å². The van der Waals surface area contributed by atoms with Gasteiger partial charge in [-0.15, -0.1) is 12.4 Å². The number of hydrogen-bond acceptors (Lipinski definition) is 3. The zero-order valence-corrected chi connectivity index (χ0v) is 13.8. The standard InChI is InChI=1S/C15H26N4O.ClH/c1-3-14-12(10-19(2)18-14)9-17-15(20)8-11-6-4-5-7-13(11)16;/h10-11,13H,3-9,16H2,1-2H3,(H,17,20);1H. The van der Waals surface area contributed by atoms with Gasteiger partial charge in [0, 0.05) is 37.8 Å². The van der Waals surface area contributed by atoms with E-state index in [2.05, 4.69) is 17.3 Å². The Balaban J connectivity index is 0.00000220. The molecule has 3 N–H and O–H groups in total. The van der Waals surface area contributed by atoms with Crippen LogP contribution in [0.5, 0.6) is 0 Å². The summed E-state index contributed by atoms with van der Waals surface area (Å²) < 4.78 is 1.80. The number of hydrogen-bond donors (Lipinski definition) is 2. The topological polar surface area (TPSA) is 72.9 Å².